The van der Waals surface area contributed by atoms with E-state index in [1.165, 1.54) is 38.1 Å². The lowest BCUT2D eigenvalue weighted by molar-refractivity contribution is -0.164. The maximum Gasteiger partial charge on any atom is 0.534 e. The molecule has 1 amide bonds. The average molecular weight is 552 g/mol. The van der Waals surface area contributed by atoms with Crippen molar-refractivity contribution in [3.63, 3.8) is 0 Å². The predicted molar refractivity (Wildman–Crippen MR) is 117 cm³/mol. The molecule has 0 fully saturated rings. The number of ether oxygens (including phenoxy) is 1. The molecule has 0 aliphatic carbocycles. The van der Waals surface area contributed by atoms with Crippen LogP contribution in [0.2, 0.25) is 0 Å². The molecule has 1 atom stereocenters. The molecule has 0 spiro atoms. The van der Waals surface area contributed by atoms with E-state index in [-0.39, 0.29) is 15.4 Å². The second kappa shape index (κ2) is 9.05. The van der Waals surface area contributed by atoms with Crippen molar-refractivity contribution in [2.45, 2.75) is 35.8 Å². The molecule has 1 heterocycles. The molecule has 36 heavy (non-hydrogen) atoms. The van der Waals surface area contributed by atoms with Crippen LogP contribution in [0.15, 0.2) is 47.4 Å². The van der Waals surface area contributed by atoms with E-state index in [0.29, 0.717) is 6.07 Å². The minimum Gasteiger partial charge on any atom is -0.479 e. The first kappa shape index (κ1) is 27.4. The lowest BCUT2D eigenvalue weighted by Gasteiger charge is -2.31. The van der Waals surface area contributed by atoms with Crippen LogP contribution in [0, 0.1) is 0 Å². The number of carbonyl (C=O) groups is 2. The van der Waals surface area contributed by atoms with Gasteiger partial charge < -0.3 is 14.0 Å². The summed E-state index contributed by atoms with van der Waals surface area (Å²) in [5.74, 6) is -4.42. The van der Waals surface area contributed by atoms with Crippen LogP contribution in [-0.4, -0.2) is 57.3 Å². The first-order valence-corrected chi connectivity index (χ1v) is 12.9. The van der Waals surface area contributed by atoms with E-state index >= 15 is 0 Å². The summed E-state index contributed by atoms with van der Waals surface area (Å²) in [5, 5.41) is 9.95. The summed E-state index contributed by atoms with van der Waals surface area (Å²) in [5.41, 5.74) is -8.66. The zero-order valence-electron chi connectivity index (χ0n) is 18.9. The third-order valence-electron chi connectivity index (χ3n) is 5.53. The van der Waals surface area contributed by atoms with E-state index in [1.54, 1.807) is 6.07 Å². The van der Waals surface area contributed by atoms with Gasteiger partial charge >= 0.3 is 21.6 Å². The summed E-state index contributed by atoms with van der Waals surface area (Å²) in [6, 6.07) is 8.53. The highest BCUT2D eigenvalue weighted by Gasteiger charge is 2.52. The monoisotopic (exact) mass is 551 g/mol. The molecular weight excluding hydrogens is 531 g/mol. The molecule has 0 saturated carbocycles. The van der Waals surface area contributed by atoms with Gasteiger partial charge in [-0.1, -0.05) is 44.2 Å². The van der Waals surface area contributed by atoms with Gasteiger partial charge in [0.05, 0.1) is 12.1 Å². The Kier molecular flexibility index (Phi) is 6.89. The molecular formula is C21H20F3NO9S2. The summed E-state index contributed by atoms with van der Waals surface area (Å²) in [6.07, 6.45) is 0. The van der Waals surface area contributed by atoms with Gasteiger partial charge in [-0.2, -0.15) is 21.6 Å². The Bertz CT molecular complexity index is 1420. The van der Waals surface area contributed by atoms with Gasteiger partial charge in [0.25, 0.3) is 15.9 Å². The Labute approximate surface area is 204 Å². The Morgan fingerprint density at radius 3 is 2.19 bits per heavy atom. The highest BCUT2D eigenvalue weighted by atomic mass is 32.2. The summed E-state index contributed by atoms with van der Waals surface area (Å²) >= 11 is 0. The van der Waals surface area contributed by atoms with Crippen molar-refractivity contribution >= 4 is 32.0 Å². The molecule has 1 unspecified atom stereocenters. The zero-order valence-corrected chi connectivity index (χ0v) is 20.6. The zero-order chi connectivity index (χ0) is 27.3. The molecule has 2 aromatic carbocycles. The normalized spacial score (nSPS) is 17.1. The number of carboxylic acid groups (broad SMARTS) is 1. The number of amides is 1. The van der Waals surface area contributed by atoms with E-state index in [2.05, 4.69) is 4.18 Å². The molecule has 2 aromatic rings. The number of halogens is 3. The number of fused-ring (bicyclic) bond motifs is 1. The van der Waals surface area contributed by atoms with Crippen molar-refractivity contribution in [2.75, 3.05) is 13.7 Å². The molecule has 0 aromatic heterocycles. The number of nitrogens with zero attached hydrogens (tertiary/aromatic N) is 1. The van der Waals surface area contributed by atoms with Crippen LogP contribution < -0.4 is 4.18 Å². The van der Waals surface area contributed by atoms with Crippen LogP contribution in [-0.2, 0) is 35.3 Å². The molecule has 1 N–H and O–H groups in total. The van der Waals surface area contributed by atoms with Crippen LogP contribution in [0.4, 0.5) is 13.2 Å². The number of benzene rings is 2. The molecule has 0 bridgehead atoms. The highest BCUT2D eigenvalue weighted by Crippen LogP contribution is 2.41. The predicted octanol–water partition coefficient (Wildman–Crippen LogP) is 2.81. The third-order valence-corrected chi connectivity index (χ3v) is 8.26. The van der Waals surface area contributed by atoms with Crippen LogP contribution in [0.5, 0.6) is 5.75 Å². The van der Waals surface area contributed by atoms with Crippen molar-refractivity contribution in [1.29, 1.82) is 0 Å². The van der Waals surface area contributed by atoms with Crippen LogP contribution in [0.1, 0.15) is 41.3 Å². The Morgan fingerprint density at radius 1 is 1.14 bits per heavy atom. The molecule has 196 valence electrons. The van der Waals surface area contributed by atoms with Gasteiger partial charge in [-0.3, -0.25) is 4.79 Å². The Hall–Kier alpha value is -3.17. The van der Waals surface area contributed by atoms with E-state index < -0.39 is 71.8 Å². The number of carbonyl (C=O) groups excluding carboxylic acids is 1. The van der Waals surface area contributed by atoms with Gasteiger partial charge in [0.15, 0.2) is 0 Å². The summed E-state index contributed by atoms with van der Waals surface area (Å²) in [7, 11) is -10.0. The highest BCUT2D eigenvalue weighted by molar-refractivity contribution is 7.90. The molecule has 1 aliphatic heterocycles. The molecule has 15 heteroatoms. The van der Waals surface area contributed by atoms with Crippen molar-refractivity contribution in [3.8, 4) is 5.75 Å². The molecule has 0 radical (unpaired) electrons. The molecule has 0 saturated heterocycles. The Balaban J connectivity index is 2.19. The van der Waals surface area contributed by atoms with Crippen LogP contribution in [0.3, 0.4) is 0 Å². The standard InChI is InChI=1S/C21H20F3NO9S2/c1-12(2)15-9-14(34-36(31,32)21(22,23)24)10-16-17(15)18(26)25(35(16,29)30)11-20(33-3,19(27)28)13-7-5-4-6-8-13/h4-10,12H,11H2,1-3H3,(H,27,28). The van der Waals surface area contributed by atoms with Crippen molar-refractivity contribution in [2.24, 2.45) is 0 Å². The molecule has 3 rings (SSSR count). The van der Waals surface area contributed by atoms with Gasteiger partial charge in [0.1, 0.15) is 10.6 Å². The summed E-state index contributed by atoms with van der Waals surface area (Å²) < 4.78 is 97.7. The van der Waals surface area contributed by atoms with Gasteiger partial charge in [-0.25, -0.2) is 17.5 Å². The average Bonchev–Trinajstić information content (AvgIpc) is 2.96. The number of hydrogen-bond donors (Lipinski definition) is 1. The van der Waals surface area contributed by atoms with E-state index in [1.807, 2.05) is 0 Å². The smallest absolute Gasteiger partial charge is 0.479 e. The maximum atomic E-state index is 13.4. The number of hydrogen-bond acceptors (Lipinski definition) is 8. The topological polar surface area (TPSA) is 144 Å². The summed E-state index contributed by atoms with van der Waals surface area (Å²) in [6.45, 7) is 1.95. The van der Waals surface area contributed by atoms with E-state index in [4.69, 9.17) is 4.74 Å². The van der Waals surface area contributed by atoms with Crippen molar-refractivity contribution in [3.05, 3.63) is 59.2 Å². The number of rotatable bonds is 8. The lowest BCUT2D eigenvalue weighted by atomic mass is 9.92. The van der Waals surface area contributed by atoms with Crippen molar-refractivity contribution < 1.29 is 53.6 Å². The van der Waals surface area contributed by atoms with Gasteiger partial charge in [-0.05, 0) is 23.1 Å². The largest absolute Gasteiger partial charge is 0.534 e. The van der Waals surface area contributed by atoms with Gasteiger partial charge in [0, 0.05) is 13.2 Å². The number of carboxylic acids is 1. The second-order valence-corrected chi connectivity index (χ2v) is 11.4. The first-order chi connectivity index (χ1) is 16.5. The maximum absolute atomic E-state index is 13.4. The minimum absolute atomic E-state index is 0.0170. The minimum atomic E-state index is -6.15. The third kappa shape index (κ3) is 4.41. The fourth-order valence-electron chi connectivity index (χ4n) is 3.69. The number of sulfonamides is 1. The SMILES string of the molecule is COC(CN1C(=O)c2c(C(C)C)cc(OS(=O)(=O)C(F)(F)F)cc2S1(=O)=O)(C(=O)O)c1ccccc1. The van der Waals surface area contributed by atoms with Crippen molar-refractivity contribution in [1.82, 2.24) is 4.31 Å². The van der Waals surface area contributed by atoms with Crippen LogP contribution >= 0.6 is 0 Å². The van der Waals surface area contributed by atoms with E-state index in [9.17, 15) is 44.7 Å². The Morgan fingerprint density at radius 2 is 1.72 bits per heavy atom. The number of aliphatic carboxylic acids is 1. The fourth-order valence-corrected chi connectivity index (χ4v) is 5.76. The quantitative estimate of drug-likeness (QED) is 0.387. The summed E-state index contributed by atoms with van der Waals surface area (Å²) in [4.78, 5) is 24.7. The number of alkyl halides is 3. The molecule has 1 aliphatic rings. The number of methoxy groups -OCH3 is 1. The van der Waals surface area contributed by atoms with Gasteiger partial charge in [-0.15, -0.1) is 0 Å². The van der Waals surface area contributed by atoms with Gasteiger partial charge in [0.2, 0.25) is 5.60 Å². The lowest BCUT2D eigenvalue weighted by Crippen LogP contribution is -2.49. The first-order valence-electron chi connectivity index (χ1n) is 10.1. The molecule has 10 nitrogen and oxygen atoms in total. The fraction of sp³-hybridized carbons (Fsp3) is 0.333. The van der Waals surface area contributed by atoms with E-state index in [0.717, 1.165) is 13.2 Å². The second-order valence-electron chi connectivity index (χ2n) is 8.04. The van der Waals surface area contributed by atoms with Crippen LogP contribution in [0.25, 0.3) is 0 Å².